The fourth-order valence-electron chi connectivity index (χ4n) is 2.75. The third kappa shape index (κ3) is 6.41. The van der Waals surface area contributed by atoms with Crippen molar-refractivity contribution in [3.8, 4) is 11.1 Å². The summed E-state index contributed by atoms with van der Waals surface area (Å²) in [6.07, 6.45) is 5.66. The summed E-state index contributed by atoms with van der Waals surface area (Å²) >= 11 is 0. The van der Waals surface area contributed by atoms with Gasteiger partial charge in [0.1, 0.15) is 0 Å². The molecule has 0 radical (unpaired) electrons. The van der Waals surface area contributed by atoms with Gasteiger partial charge >= 0.3 is 11.9 Å². The molecule has 148 valence electrons. The van der Waals surface area contributed by atoms with E-state index in [9.17, 15) is 9.59 Å². The maximum absolute atomic E-state index is 9.55. The summed E-state index contributed by atoms with van der Waals surface area (Å²) in [5.41, 5.74) is 10.7. The van der Waals surface area contributed by atoms with Crippen molar-refractivity contribution in [2.75, 3.05) is 0 Å². The largest absolute Gasteiger partial charge is 0.478 e. The Hall–Kier alpha value is -3.77. The molecule has 1 heterocycles. The van der Waals surface area contributed by atoms with Crippen LogP contribution in [0.3, 0.4) is 0 Å². The molecule has 6 heteroatoms. The number of hydrogen-bond donors (Lipinski definition) is 3. The van der Waals surface area contributed by atoms with E-state index in [0.717, 1.165) is 34.0 Å². The summed E-state index contributed by atoms with van der Waals surface area (Å²) < 4.78 is 0. The summed E-state index contributed by atoms with van der Waals surface area (Å²) in [7, 11) is 0. The Morgan fingerprint density at radius 1 is 1.03 bits per heavy atom. The molecular weight excluding hydrogens is 368 g/mol. The van der Waals surface area contributed by atoms with Crippen molar-refractivity contribution in [3.63, 3.8) is 0 Å². The molecule has 0 aliphatic rings. The number of carboxylic acid groups (broad SMARTS) is 2. The number of nitrogens with two attached hydrogens (primary N) is 1. The number of carboxylic acids is 2. The highest BCUT2D eigenvalue weighted by Crippen LogP contribution is 2.30. The Kier molecular flexibility index (Phi) is 7.82. The molecule has 1 atom stereocenters. The molecule has 0 bridgehead atoms. The van der Waals surface area contributed by atoms with E-state index in [1.807, 2.05) is 42.6 Å². The second-order valence-corrected chi connectivity index (χ2v) is 6.14. The van der Waals surface area contributed by atoms with Crippen molar-refractivity contribution in [3.05, 3.63) is 91.2 Å². The molecule has 4 N–H and O–H groups in total. The van der Waals surface area contributed by atoms with E-state index in [2.05, 4.69) is 35.8 Å². The molecule has 29 heavy (non-hydrogen) atoms. The first kappa shape index (κ1) is 21.5. The number of aromatic nitrogens is 1. The number of nitrogens with zero attached hydrogens (tertiary/aromatic N) is 1. The van der Waals surface area contributed by atoms with Crippen molar-refractivity contribution in [2.24, 2.45) is 5.73 Å². The number of aliphatic carboxylic acids is 2. The molecule has 6 nitrogen and oxygen atoms in total. The summed E-state index contributed by atoms with van der Waals surface area (Å²) in [4.78, 5) is 23.7. The number of hydrogen-bond acceptors (Lipinski definition) is 4. The first-order valence-corrected chi connectivity index (χ1v) is 8.87. The Bertz CT molecular complexity index is 1030. The number of benzene rings is 2. The van der Waals surface area contributed by atoms with Crippen molar-refractivity contribution in [1.29, 1.82) is 0 Å². The monoisotopic (exact) mass is 390 g/mol. The molecule has 2 aromatic carbocycles. The van der Waals surface area contributed by atoms with Gasteiger partial charge in [-0.25, -0.2) is 9.59 Å². The molecule has 1 aromatic heterocycles. The van der Waals surface area contributed by atoms with Gasteiger partial charge in [0, 0.05) is 35.3 Å². The summed E-state index contributed by atoms with van der Waals surface area (Å²) in [6, 6.07) is 18.5. The first-order valence-electron chi connectivity index (χ1n) is 8.87. The number of rotatable bonds is 6. The lowest BCUT2D eigenvalue weighted by atomic mass is 9.94. The second-order valence-electron chi connectivity index (χ2n) is 6.14. The first-order chi connectivity index (χ1) is 13.9. The molecule has 0 saturated carbocycles. The Morgan fingerprint density at radius 3 is 2.31 bits per heavy atom. The van der Waals surface area contributed by atoms with Gasteiger partial charge in [0.05, 0.1) is 5.52 Å². The molecule has 0 saturated heterocycles. The maximum atomic E-state index is 9.55. The molecular formula is C23H22N2O4. The fraction of sp³-hybridized carbons (Fsp3) is 0.0870. The van der Waals surface area contributed by atoms with Crippen molar-refractivity contribution in [1.82, 2.24) is 4.98 Å². The van der Waals surface area contributed by atoms with Crippen LogP contribution < -0.4 is 5.73 Å². The minimum Gasteiger partial charge on any atom is -0.478 e. The number of pyridine rings is 1. The predicted molar refractivity (Wildman–Crippen MR) is 113 cm³/mol. The van der Waals surface area contributed by atoms with Crippen LogP contribution in [0.1, 0.15) is 18.0 Å². The van der Waals surface area contributed by atoms with E-state index < -0.39 is 11.9 Å². The van der Waals surface area contributed by atoms with Crippen LogP contribution in [0.5, 0.6) is 0 Å². The lowest BCUT2D eigenvalue weighted by molar-refractivity contribution is -0.134. The fourth-order valence-corrected chi connectivity index (χ4v) is 2.75. The van der Waals surface area contributed by atoms with Gasteiger partial charge < -0.3 is 15.9 Å². The van der Waals surface area contributed by atoms with Gasteiger partial charge in [-0.05, 0) is 29.7 Å². The van der Waals surface area contributed by atoms with E-state index in [-0.39, 0.29) is 6.04 Å². The van der Waals surface area contributed by atoms with Gasteiger partial charge in [0.2, 0.25) is 0 Å². The normalized spacial score (nSPS) is 11.5. The second kappa shape index (κ2) is 10.5. The Labute approximate surface area is 168 Å². The van der Waals surface area contributed by atoms with E-state index in [1.54, 1.807) is 0 Å². The van der Waals surface area contributed by atoms with E-state index in [0.29, 0.717) is 12.2 Å². The van der Waals surface area contributed by atoms with Gasteiger partial charge in [-0.2, -0.15) is 0 Å². The van der Waals surface area contributed by atoms with Gasteiger partial charge in [0.15, 0.2) is 0 Å². The maximum Gasteiger partial charge on any atom is 0.328 e. The molecule has 3 aromatic rings. The summed E-state index contributed by atoms with van der Waals surface area (Å²) in [5.74, 6) is -2.51. The topological polar surface area (TPSA) is 114 Å². The van der Waals surface area contributed by atoms with Gasteiger partial charge in [-0.3, -0.25) is 4.98 Å². The van der Waals surface area contributed by atoms with Crippen LogP contribution in [-0.4, -0.2) is 27.1 Å². The Balaban J connectivity index is 0.000000321. The molecule has 0 spiro atoms. The van der Waals surface area contributed by atoms with Crippen molar-refractivity contribution < 1.29 is 19.8 Å². The van der Waals surface area contributed by atoms with Crippen LogP contribution >= 0.6 is 0 Å². The van der Waals surface area contributed by atoms with Crippen molar-refractivity contribution >= 4 is 22.8 Å². The minimum atomic E-state index is -1.26. The van der Waals surface area contributed by atoms with Crippen LogP contribution in [0.25, 0.3) is 22.0 Å². The van der Waals surface area contributed by atoms with Crippen LogP contribution in [0.15, 0.2) is 85.6 Å². The summed E-state index contributed by atoms with van der Waals surface area (Å²) in [5, 5.41) is 16.8. The zero-order valence-electron chi connectivity index (χ0n) is 15.7. The standard InChI is InChI=1S/C19H18N2.C4H4O4/c1-2-7-18(20)17-10-5-4-9-16(17)15-12-14-8-3-6-11-19(14)21-13-15;5-3(6)1-2-4(7)8/h2-6,8-13,18H,1,7,20H2;1-2H,(H,5,6)(H,7,8)/b;2-1+. The average Bonchev–Trinajstić information content (AvgIpc) is 2.72. The molecule has 3 rings (SSSR count). The van der Waals surface area contributed by atoms with E-state index in [1.165, 1.54) is 0 Å². The van der Waals surface area contributed by atoms with Crippen LogP contribution in [-0.2, 0) is 9.59 Å². The quantitative estimate of drug-likeness (QED) is 0.430. The molecule has 1 unspecified atom stereocenters. The smallest absolute Gasteiger partial charge is 0.328 e. The number of fused-ring (bicyclic) bond motifs is 1. The van der Waals surface area contributed by atoms with E-state index >= 15 is 0 Å². The molecule has 0 fully saturated rings. The average molecular weight is 390 g/mol. The molecule has 0 aliphatic carbocycles. The zero-order chi connectivity index (χ0) is 21.2. The van der Waals surface area contributed by atoms with Gasteiger partial charge in [0.25, 0.3) is 0 Å². The van der Waals surface area contributed by atoms with Crippen LogP contribution in [0.4, 0.5) is 0 Å². The lowest BCUT2D eigenvalue weighted by Gasteiger charge is -2.15. The minimum absolute atomic E-state index is 0.0369. The molecule has 0 aliphatic heterocycles. The highest BCUT2D eigenvalue weighted by molar-refractivity contribution is 5.89. The van der Waals surface area contributed by atoms with Crippen molar-refractivity contribution in [2.45, 2.75) is 12.5 Å². The highest BCUT2D eigenvalue weighted by atomic mass is 16.4. The van der Waals surface area contributed by atoms with Crippen LogP contribution in [0, 0.1) is 0 Å². The van der Waals surface area contributed by atoms with Gasteiger partial charge in [-0.15, -0.1) is 6.58 Å². The van der Waals surface area contributed by atoms with Crippen LogP contribution in [0.2, 0.25) is 0 Å². The predicted octanol–water partition coefficient (Wildman–Crippen LogP) is 4.19. The highest BCUT2D eigenvalue weighted by Gasteiger charge is 2.11. The molecule has 0 amide bonds. The SMILES string of the molecule is C=CCC(N)c1ccccc1-c1cnc2ccccc2c1.O=C(O)/C=C/C(=O)O. The lowest BCUT2D eigenvalue weighted by Crippen LogP contribution is -2.10. The summed E-state index contributed by atoms with van der Waals surface area (Å²) in [6.45, 7) is 3.78. The Morgan fingerprint density at radius 2 is 1.66 bits per heavy atom. The number of carbonyl (C=O) groups is 2. The zero-order valence-corrected chi connectivity index (χ0v) is 15.7. The number of para-hydroxylation sites is 1. The third-order valence-corrected chi connectivity index (χ3v) is 4.05. The third-order valence-electron chi connectivity index (χ3n) is 4.05. The van der Waals surface area contributed by atoms with Gasteiger partial charge in [-0.1, -0.05) is 48.5 Å². The van der Waals surface area contributed by atoms with E-state index in [4.69, 9.17) is 15.9 Å².